The van der Waals surface area contributed by atoms with E-state index in [1.807, 2.05) is 0 Å². The quantitative estimate of drug-likeness (QED) is 0.590. The predicted molar refractivity (Wildman–Crippen MR) is 83.4 cm³/mol. The zero-order valence-electron chi connectivity index (χ0n) is 13.6. The molecule has 0 bridgehead atoms. The Morgan fingerprint density at radius 2 is 1.32 bits per heavy atom. The van der Waals surface area contributed by atoms with E-state index in [2.05, 4.69) is 0 Å². The topological polar surface area (TPSA) is 149 Å². The van der Waals surface area contributed by atoms with Crippen LogP contribution in [0, 0.1) is 11.8 Å². The van der Waals surface area contributed by atoms with Gasteiger partial charge in [-0.05, 0) is 31.6 Å². The number of aliphatic carboxylic acids is 3. The predicted octanol–water partition coefficient (Wildman–Crippen LogP) is 0.738. The van der Waals surface area contributed by atoms with E-state index in [1.54, 1.807) is 0 Å². The summed E-state index contributed by atoms with van der Waals surface area (Å²) in [6.07, 6.45) is 4.80. The van der Waals surface area contributed by atoms with Crippen molar-refractivity contribution in [3.63, 3.8) is 0 Å². The van der Waals surface area contributed by atoms with Gasteiger partial charge in [-0.25, -0.2) is 0 Å². The zero-order valence-corrected chi connectivity index (χ0v) is 13.6. The van der Waals surface area contributed by atoms with Gasteiger partial charge in [-0.1, -0.05) is 0 Å². The SMILES string of the molecule is O=C(O)C1CCC(CN2C(=O)C=CC2=O)CC1.O=C(O)CCC(=O)O. The molecule has 3 N–H and O–H groups in total. The highest BCUT2D eigenvalue weighted by atomic mass is 16.4. The van der Waals surface area contributed by atoms with E-state index in [4.69, 9.17) is 15.3 Å². The first-order chi connectivity index (χ1) is 11.7. The van der Waals surface area contributed by atoms with E-state index in [0.717, 1.165) is 12.8 Å². The fourth-order valence-electron chi connectivity index (χ4n) is 2.68. The van der Waals surface area contributed by atoms with Crippen LogP contribution in [0.15, 0.2) is 12.2 Å². The summed E-state index contributed by atoms with van der Waals surface area (Å²) in [4.78, 5) is 54.0. The lowest BCUT2D eigenvalue weighted by Crippen LogP contribution is -2.36. The van der Waals surface area contributed by atoms with Crippen molar-refractivity contribution >= 4 is 29.7 Å². The van der Waals surface area contributed by atoms with Crippen LogP contribution in [0.25, 0.3) is 0 Å². The fraction of sp³-hybridized carbons (Fsp3) is 0.562. The van der Waals surface area contributed by atoms with Crippen molar-refractivity contribution in [3.8, 4) is 0 Å². The van der Waals surface area contributed by atoms with Crippen molar-refractivity contribution in [2.45, 2.75) is 38.5 Å². The normalized spacial score (nSPS) is 22.3. The van der Waals surface area contributed by atoms with Crippen molar-refractivity contribution in [3.05, 3.63) is 12.2 Å². The zero-order chi connectivity index (χ0) is 19.0. The molecule has 9 nitrogen and oxygen atoms in total. The molecule has 1 heterocycles. The van der Waals surface area contributed by atoms with Crippen LogP contribution in [0.2, 0.25) is 0 Å². The molecule has 9 heteroatoms. The molecule has 0 spiro atoms. The van der Waals surface area contributed by atoms with Crippen LogP contribution in [0.3, 0.4) is 0 Å². The maximum atomic E-state index is 11.4. The first kappa shape index (κ1) is 20.3. The van der Waals surface area contributed by atoms with Crippen molar-refractivity contribution < 1.29 is 39.3 Å². The highest BCUT2D eigenvalue weighted by molar-refractivity contribution is 6.12. The van der Waals surface area contributed by atoms with Gasteiger partial charge < -0.3 is 15.3 Å². The number of amides is 2. The Kier molecular flexibility index (Phi) is 7.77. The lowest BCUT2D eigenvalue weighted by molar-refractivity contribution is -0.144. The molecule has 0 atom stereocenters. The number of nitrogens with zero attached hydrogens (tertiary/aromatic N) is 1. The van der Waals surface area contributed by atoms with Gasteiger partial charge in [0.05, 0.1) is 18.8 Å². The van der Waals surface area contributed by atoms with E-state index < -0.39 is 17.9 Å². The van der Waals surface area contributed by atoms with E-state index in [1.165, 1.54) is 17.1 Å². The molecule has 1 fully saturated rings. The van der Waals surface area contributed by atoms with E-state index in [9.17, 15) is 24.0 Å². The van der Waals surface area contributed by atoms with Crippen molar-refractivity contribution in [2.75, 3.05) is 6.54 Å². The molecule has 1 aliphatic heterocycles. The fourth-order valence-corrected chi connectivity index (χ4v) is 2.68. The van der Waals surface area contributed by atoms with Gasteiger partial charge in [0.25, 0.3) is 11.8 Å². The van der Waals surface area contributed by atoms with Gasteiger partial charge in [0, 0.05) is 18.7 Å². The highest BCUT2D eigenvalue weighted by Gasteiger charge is 2.30. The largest absolute Gasteiger partial charge is 0.481 e. The van der Waals surface area contributed by atoms with Crippen molar-refractivity contribution in [2.24, 2.45) is 11.8 Å². The number of imide groups is 1. The Bertz CT molecular complexity index is 543. The molecule has 0 saturated heterocycles. The van der Waals surface area contributed by atoms with Gasteiger partial charge in [-0.3, -0.25) is 28.9 Å². The second-order valence-corrected chi connectivity index (χ2v) is 5.96. The molecular formula is C16H21NO8. The minimum Gasteiger partial charge on any atom is -0.481 e. The van der Waals surface area contributed by atoms with Crippen LogP contribution in [0.1, 0.15) is 38.5 Å². The molecule has 2 aliphatic rings. The maximum Gasteiger partial charge on any atom is 0.306 e. The first-order valence-electron chi connectivity index (χ1n) is 7.90. The summed E-state index contributed by atoms with van der Waals surface area (Å²) >= 11 is 0. The summed E-state index contributed by atoms with van der Waals surface area (Å²) in [6.45, 7) is 0.428. The van der Waals surface area contributed by atoms with Crippen LogP contribution < -0.4 is 0 Å². The number of carboxylic acid groups (broad SMARTS) is 3. The Labute approximate surface area is 143 Å². The third kappa shape index (κ3) is 7.15. The maximum absolute atomic E-state index is 11.4. The standard InChI is InChI=1S/C12H15NO4.C4H6O4/c14-10-5-6-11(15)13(10)7-8-1-3-9(4-2-8)12(16)17;5-3(6)1-2-4(7)8/h5-6,8-9H,1-4,7H2,(H,16,17);1-2H2,(H,5,6)(H,7,8). The Balaban J connectivity index is 0.000000333. The van der Waals surface area contributed by atoms with Gasteiger partial charge in [-0.2, -0.15) is 0 Å². The van der Waals surface area contributed by atoms with Crippen molar-refractivity contribution in [1.29, 1.82) is 0 Å². The van der Waals surface area contributed by atoms with Crippen LogP contribution in [0.4, 0.5) is 0 Å². The van der Waals surface area contributed by atoms with Crippen LogP contribution in [0.5, 0.6) is 0 Å². The molecular weight excluding hydrogens is 334 g/mol. The third-order valence-electron chi connectivity index (χ3n) is 4.09. The van der Waals surface area contributed by atoms with E-state index >= 15 is 0 Å². The molecule has 2 amide bonds. The second kappa shape index (κ2) is 9.55. The van der Waals surface area contributed by atoms with Gasteiger partial charge in [-0.15, -0.1) is 0 Å². The average molecular weight is 355 g/mol. The van der Waals surface area contributed by atoms with E-state index in [0.29, 0.717) is 19.4 Å². The van der Waals surface area contributed by atoms with Crippen LogP contribution in [-0.2, 0) is 24.0 Å². The molecule has 0 aromatic heterocycles. The molecule has 25 heavy (non-hydrogen) atoms. The summed E-state index contributed by atoms with van der Waals surface area (Å²) in [5.74, 6) is -3.41. The van der Waals surface area contributed by atoms with Gasteiger partial charge >= 0.3 is 17.9 Å². The lowest BCUT2D eigenvalue weighted by atomic mass is 9.82. The molecule has 2 rings (SSSR count). The second-order valence-electron chi connectivity index (χ2n) is 5.96. The van der Waals surface area contributed by atoms with Gasteiger partial charge in [0.15, 0.2) is 0 Å². The summed E-state index contributed by atoms with van der Waals surface area (Å²) in [7, 11) is 0. The molecule has 0 aromatic carbocycles. The number of carbonyl (C=O) groups excluding carboxylic acids is 2. The van der Waals surface area contributed by atoms with Crippen LogP contribution >= 0.6 is 0 Å². The monoisotopic (exact) mass is 355 g/mol. The van der Waals surface area contributed by atoms with Crippen LogP contribution in [-0.4, -0.2) is 56.5 Å². The molecule has 1 saturated carbocycles. The molecule has 0 radical (unpaired) electrons. The minimum absolute atomic E-state index is 0.249. The summed E-state index contributed by atoms with van der Waals surface area (Å²) in [5, 5.41) is 24.7. The van der Waals surface area contributed by atoms with E-state index in [-0.39, 0.29) is 36.5 Å². The number of hydrogen-bond donors (Lipinski definition) is 3. The number of carboxylic acids is 3. The Hall–Kier alpha value is -2.71. The highest BCUT2D eigenvalue weighted by Crippen LogP contribution is 2.29. The summed E-state index contributed by atoms with van der Waals surface area (Å²) < 4.78 is 0. The Morgan fingerprint density at radius 3 is 1.68 bits per heavy atom. The Morgan fingerprint density at radius 1 is 0.880 bits per heavy atom. The van der Waals surface area contributed by atoms with Gasteiger partial charge in [0.2, 0.25) is 0 Å². The molecule has 138 valence electrons. The first-order valence-corrected chi connectivity index (χ1v) is 7.90. The number of rotatable bonds is 6. The number of carbonyl (C=O) groups is 5. The summed E-state index contributed by atoms with van der Waals surface area (Å²) in [5.41, 5.74) is 0. The molecule has 0 unspecified atom stereocenters. The number of hydrogen-bond acceptors (Lipinski definition) is 5. The minimum atomic E-state index is -1.08. The third-order valence-corrected chi connectivity index (χ3v) is 4.09. The molecule has 1 aliphatic carbocycles. The molecule has 0 aromatic rings. The lowest BCUT2D eigenvalue weighted by Gasteiger charge is -2.28. The van der Waals surface area contributed by atoms with Gasteiger partial charge in [0.1, 0.15) is 0 Å². The smallest absolute Gasteiger partial charge is 0.306 e. The average Bonchev–Trinajstić information content (AvgIpc) is 2.86. The van der Waals surface area contributed by atoms with Crippen molar-refractivity contribution in [1.82, 2.24) is 4.90 Å². The summed E-state index contributed by atoms with van der Waals surface area (Å²) in [6, 6.07) is 0.